The van der Waals surface area contributed by atoms with E-state index in [0.29, 0.717) is 13.1 Å². The van der Waals surface area contributed by atoms with Gasteiger partial charge in [-0.2, -0.15) is 0 Å². The summed E-state index contributed by atoms with van der Waals surface area (Å²) >= 11 is 0. The highest BCUT2D eigenvalue weighted by Gasteiger charge is 2.48. The Labute approximate surface area is 143 Å². The molecule has 1 fully saturated rings. The van der Waals surface area contributed by atoms with Gasteiger partial charge in [0, 0.05) is 13.1 Å². The molecule has 0 spiro atoms. The van der Waals surface area contributed by atoms with E-state index in [1.165, 1.54) is 5.56 Å². The Morgan fingerprint density at radius 2 is 1.62 bits per heavy atom. The van der Waals surface area contributed by atoms with Gasteiger partial charge in [-0.3, -0.25) is 4.90 Å². The van der Waals surface area contributed by atoms with E-state index in [1.54, 1.807) is 0 Å². The second kappa shape index (κ2) is 6.29. The third-order valence-electron chi connectivity index (χ3n) is 4.81. The third-order valence-corrected chi connectivity index (χ3v) is 4.81. The van der Waals surface area contributed by atoms with Gasteiger partial charge in [-0.15, -0.1) is 0 Å². The molecule has 3 rings (SSSR count). The van der Waals surface area contributed by atoms with Crippen LogP contribution in [0.15, 0.2) is 54.6 Å². The van der Waals surface area contributed by atoms with Crippen LogP contribution in [0.25, 0.3) is 0 Å². The molecule has 1 aliphatic rings. The van der Waals surface area contributed by atoms with Crippen molar-refractivity contribution in [3.05, 3.63) is 71.3 Å². The van der Waals surface area contributed by atoms with E-state index in [9.17, 15) is 8.78 Å². The molecule has 1 nitrogen and oxygen atoms in total. The van der Waals surface area contributed by atoms with Crippen molar-refractivity contribution in [2.75, 3.05) is 13.1 Å². The van der Waals surface area contributed by atoms with Gasteiger partial charge in [0.1, 0.15) is 0 Å². The number of alkyl halides is 2. The van der Waals surface area contributed by atoms with Gasteiger partial charge in [-0.05, 0) is 22.1 Å². The van der Waals surface area contributed by atoms with Crippen LogP contribution in [0.4, 0.5) is 8.78 Å². The molecule has 0 radical (unpaired) electrons. The van der Waals surface area contributed by atoms with Gasteiger partial charge in [-0.1, -0.05) is 75.4 Å². The van der Waals surface area contributed by atoms with Crippen molar-refractivity contribution >= 4 is 0 Å². The van der Waals surface area contributed by atoms with Crippen molar-refractivity contribution < 1.29 is 8.78 Å². The second-order valence-corrected chi connectivity index (χ2v) is 7.84. The molecule has 0 saturated carbocycles. The Balaban J connectivity index is 1.76. The lowest BCUT2D eigenvalue weighted by Gasteiger charge is -2.22. The molecule has 0 amide bonds. The van der Waals surface area contributed by atoms with Crippen LogP contribution < -0.4 is 0 Å². The zero-order chi connectivity index (χ0) is 17.4. The molecule has 0 aliphatic carbocycles. The van der Waals surface area contributed by atoms with Crippen molar-refractivity contribution in [1.29, 1.82) is 0 Å². The minimum Gasteiger partial charge on any atom is -0.292 e. The topological polar surface area (TPSA) is 3.24 Å². The summed E-state index contributed by atoms with van der Waals surface area (Å²) in [7, 11) is 0. The summed E-state index contributed by atoms with van der Waals surface area (Å²) in [6, 6.07) is 17.6. The maximum atomic E-state index is 14.5. The van der Waals surface area contributed by atoms with E-state index >= 15 is 0 Å². The lowest BCUT2D eigenvalue weighted by atomic mass is 9.85. The molecule has 0 bridgehead atoms. The molecule has 1 saturated heterocycles. The molecule has 3 heteroatoms. The van der Waals surface area contributed by atoms with E-state index in [0.717, 1.165) is 11.1 Å². The predicted octanol–water partition coefficient (Wildman–Crippen LogP) is 5.22. The predicted molar refractivity (Wildman–Crippen MR) is 94.5 cm³/mol. The van der Waals surface area contributed by atoms with Crippen LogP contribution in [0.1, 0.15) is 43.4 Å². The first-order chi connectivity index (χ1) is 11.3. The fourth-order valence-electron chi connectivity index (χ4n) is 3.39. The minimum absolute atomic E-state index is 0.0378. The van der Waals surface area contributed by atoms with E-state index < -0.39 is 11.8 Å². The largest absolute Gasteiger partial charge is 0.292 e. The highest BCUT2D eigenvalue weighted by Crippen LogP contribution is 2.41. The quantitative estimate of drug-likeness (QED) is 0.746. The fourth-order valence-corrected chi connectivity index (χ4v) is 3.39. The summed E-state index contributed by atoms with van der Waals surface area (Å²) < 4.78 is 29.1. The molecule has 0 N–H and O–H groups in total. The highest BCUT2D eigenvalue weighted by atomic mass is 19.3. The van der Waals surface area contributed by atoms with Gasteiger partial charge in [-0.25, -0.2) is 8.78 Å². The standard InChI is InChI=1S/C21H25F2N/c1-20(2,3)18-11-9-17(10-12-18)19-14-24(15-21(19,22)23)13-16-7-5-4-6-8-16/h4-12,19H,13-15H2,1-3H3. The van der Waals surface area contributed by atoms with E-state index in [-0.39, 0.29) is 12.0 Å². The maximum Gasteiger partial charge on any atom is 0.268 e. The number of halogens is 2. The minimum atomic E-state index is -2.68. The number of likely N-dealkylation sites (tertiary alicyclic amines) is 1. The first kappa shape index (κ1) is 17.1. The van der Waals surface area contributed by atoms with Gasteiger partial charge in [0.25, 0.3) is 5.92 Å². The van der Waals surface area contributed by atoms with E-state index in [1.807, 2.05) is 59.5 Å². The van der Waals surface area contributed by atoms with Crippen LogP contribution in [0.3, 0.4) is 0 Å². The lowest BCUT2D eigenvalue weighted by molar-refractivity contribution is -0.00345. The van der Waals surface area contributed by atoms with Crippen molar-refractivity contribution in [1.82, 2.24) is 4.90 Å². The van der Waals surface area contributed by atoms with Crippen LogP contribution in [0.2, 0.25) is 0 Å². The average molecular weight is 329 g/mol. The number of nitrogens with zero attached hydrogens (tertiary/aromatic N) is 1. The molecule has 1 atom stereocenters. The van der Waals surface area contributed by atoms with Gasteiger partial charge in [0.05, 0.1) is 12.5 Å². The van der Waals surface area contributed by atoms with E-state index in [4.69, 9.17) is 0 Å². The van der Waals surface area contributed by atoms with Crippen LogP contribution in [-0.2, 0) is 12.0 Å². The Hall–Kier alpha value is -1.74. The van der Waals surface area contributed by atoms with Crippen LogP contribution >= 0.6 is 0 Å². The van der Waals surface area contributed by atoms with E-state index in [2.05, 4.69) is 20.8 Å². The normalized spacial score (nSPS) is 21.1. The summed E-state index contributed by atoms with van der Waals surface area (Å²) in [4.78, 5) is 1.86. The van der Waals surface area contributed by atoms with Gasteiger partial charge < -0.3 is 0 Å². The highest BCUT2D eigenvalue weighted by molar-refractivity contribution is 5.32. The van der Waals surface area contributed by atoms with Crippen LogP contribution in [-0.4, -0.2) is 23.9 Å². The number of benzene rings is 2. The van der Waals surface area contributed by atoms with Gasteiger partial charge in [0.2, 0.25) is 0 Å². The summed E-state index contributed by atoms with van der Waals surface area (Å²) in [6.45, 7) is 7.20. The van der Waals surface area contributed by atoms with Crippen molar-refractivity contribution in [2.45, 2.75) is 44.6 Å². The Bertz CT molecular complexity index is 671. The average Bonchev–Trinajstić information content (AvgIpc) is 2.82. The Morgan fingerprint density at radius 3 is 2.21 bits per heavy atom. The van der Waals surface area contributed by atoms with Crippen molar-refractivity contribution in [3.63, 3.8) is 0 Å². The first-order valence-electron chi connectivity index (χ1n) is 8.50. The van der Waals surface area contributed by atoms with Crippen LogP contribution in [0.5, 0.6) is 0 Å². The summed E-state index contributed by atoms with van der Waals surface area (Å²) in [5, 5.41) is 0. The number of rotatable bonds is 3. The molecule has 1 heterocycles. The molecule has 2 aromatic rings. The van der Waals surface area contributed by atoms with Gasteiger partial charge in [0.15, 0.2) is 0 Å². The molecule has 128 valence electrons. The lowest BCUT2D eigenvalue weighted by Crippen LogP contribution is -2.26. The monoisotopic (exact) mass is 329 g/mol. The van der Waals surface area contributed by atoms with Crippen LogP contribution in [0, 0.1) is 0 Å². The number of hydrogen-bond donors (Lipinski definition) is 0. The Morgan fingerprint density at radius 1 is 1.00 bits per heavy atom. The zero-order valence-electron chi connectivity index (χ0n) is 14.6. The smallest absolute Gasteiger partial charge is 0.268 e. The second-order valence-electron chi connectivity index (χ2n) is 7.84. The molecule has 2 aromatic carbocycles. The molecular weight excluding hydrogens is 304 g/mol. The van der Waals surface area contributed by atoms with Crippen molar-refractivity contribution in [3.8, 4) is 0 Å². The first-order valence-corrected chi connectivity index (χ1v) is 8.50. The molecule has 24 heavy (non-hydrogen) atoms. The molecule has 1 unspecified atom stereocenters. The summed E-state index contributed by atoms with van der Waals surface area (Å²) in [6.07, 6.45) is 0. The van der Waals surface area contributed by atoms with Crippen molar-refractivity contribution in [2.24, 2.45) is 0 Å². The maximum absolute atomic E-state index is 14.5. The fraction of sp³-hybridized carbons (Fsp3) is 0.429. The SMILES string of the molecule is CC(C)(C)c1ccc(C2CN(Cc3ccccc3)CC2(F)F)cc1. The molecular formula is C21H25F2N. The zero-order valence-corrected chi connectivity index (χ0v) is 14.6. The molecule has 0 aromatic heterocycles. The summed E-state index contributed by atoms with van der Waals surface area (Å²) in [5.74, 6) is -3.41. The third kappa shape index (κ3) is 3.67. The Kier molecular flexibility index (Phi) is 4.48. The summed E-state index contributed by atoms with van der Waals surface area (Å²) in [5.41, 5.74) is 3.03. The number of hydrogen-bond acceptors (Lipinski definition) is 1. The van der Waals surface area contributed by atoms with Gasteiger partial charge >= 0.3 is 0 Å². The molecule has 1 aliphatic heterocycles.